The van der Waals surface area contributed by atoms with Crippen molar-refractivity contribution in [1.82, 2.24) is 5.32 Å². The lowest BCUT2D eigenvalue weighted by atomic mass is 10.1. The van der Waals surface area contributed by atoms with Crippen molar-refractivity contribution >= 4 is 11.0 Å². The molecule has 1 N–H and O–H groups in total. The van der Waals surface area contributed by atoms with Crippen molar-refractivity contribution in [2.24, 2.45) is 0 Å². The Balaban J connectivity index is 1.49. The molecule has 0 aliphatic carbocycles. The monoisotopic (exact) mass is 365 g/mol. The molecule has 0 amide bonds. The minimum atomic E-state index is -0.206. The fraction of sp³-hybridized carbons (Fsp3) is 0.304. The maximum atomic E-state index is 13.0. The molecule has 0 radical (unpaired) electrons. The van der Waals surface area contributed by atoms with Crippen molar-refractivity contribution in [1.29, 1.82) is 0 Å². The van der Waals surface area contributed by atoms with Gasteiger partial charge in [-0.25, -0.2) is 4.39 Å². The lowest BCUT2D eigenvalue weighted by Crippen LogP contribution is -2.19. The summed E-state index contributed by atoms with van der Waals surface area (Å²) in [6.07, 6.45) is 7.45. The first-order chi connectivity index (χ1) is 13.2. The summed E-state index contributed by atoms with van der Waals surface area (Å²) in [5, 5.41) is 4.45. The number of hydrogen-bond donors (Lipinski definition) is 1. The van der Waals surface area contributed by atoms with Gasteiger partial charge in [-0.05, 0) is 41.8 Å². The van der Waals surface area contributed by atoms with Crippen molar-refractivity contribution in [3.8, 4) is 12.3 Å². The average Bonchev–Trinajstić information content (AvgIpc) is 3.09. The molecule has 3 aromatic rings. The zero-order valence-corrected chi connectivity index (χ0v) is 15.3. The van der Waals surface area contributed by atoms with Gasteiger partial charge in [0.05, 0.1) is 13.2 Å². The summed E-state index contributed by atoms with van der Waals surface area (Å²) in [7, 11) is 0. The largest absolute Gasteiger partial charge is 0.461 e. The second-order valence-corrected chi connectivity index (χ2v) is 6.45. The van der Waals surface area contributed by atoms with Crippen LogP contribution in [0.15, 0.2) is 52.9 Å². The van der Waals surface area contributed by atoms with Gasteiger partial charge in [0, 0.05) is 31.3 Å². The highest BCUT2D eigenvalue weighted by atomic mass is 19.1. The number of halogens is 1. The molecular weight excluding hydrogens is 341 g/mol. The van der Waals surface area contributed by atoms with E-state index in [2.05, 4.69) is 35.5 Å². The summed E-state index contributed by atoms with van der Waals surface area (Å²) in [4.78, 5) is 0. The number of furan rings is 1. The Kier molecular flexibility index (Phi) is 7.04. The summed E-state index contributed by atoms with van der Waals surface area (Å²) < 4.78 is 24.4. The molecule has 0 aliphatic rings. The Morgan fingerprint density at radius 1 is 1.00 bits per heavy atom. The van der Waals surface area contributed by atoms with Gasteiger partial charge in [-0.2, -0.15) is 0 Å². The topological polar surface area (TPSA) is 34.4 Å². The number of fused-ring (bicyclic) bond motifs is 1. The second-order valence-electron chi connectivity index (χ2n) is 6.45. The van der Waals surface area contributed by atoms with E-state index >= 15 is 0 Å². The van der Waals surface area contributed by atoms with Crippen molar-refractivity contribution < 1.29 is 13.5 Å². The van der Waals surface area contributed by atoms with E-state index in [-0.39, 0.29) is 5.82 Å². The van der Waals surface area contributed by atoms with Crippen LogP contribution in [-0.4, -0.2) is 19.8 Å². The van der Waals surface area contributed by atoms with Gasteiger partial charge >= 0.3 is 0 Å². The first-order valence-electron chi connectivity index (χ1n) is 9.22. The number of benzene rings is 2. The molecule has 0 saturated heterocycles. The summed E-state index contributed by atoms with van der Waals surface area (Å²) >= 11 is 0. The van der Waals surface area contributed by atoms with Gasteiger partial charge < -0.3 is 14.5 Å². The summed E-state index contributed by atoms with van der Waals surface area (Å²) in [6.45, 7) is 2.80. The third-order valence-electron chi connectivity index (χ3n) is 4.35. The highest BCUT2D eigenvalue weighted by molar-refractivity contribution is 5.78. The van der Waals surface area contributed by atoms with Gasteiger partial charge in [-0.15, -0.1) is 12.3 Å². The predicted molar refractivity (Wildman–Crippen MR) is 106 cm³/mol. The number of aryl methyl sites for hydroxylation is 2. The first-order valence-corrected chi connectivity index (χ1v) is 9.22. The zero-order chi connectivity index (χ0) is 18.9. The van der Waals surface area contributed by atoms with Crippen LogP contribution in [0.4, 0.5) is 4.39 Å². The number of rotatable bonds is 10. The molecule has 0 atom stereocenters. The van der Waals surface area contributed by atoms with E-state index in [4.69, 9.17) is 15.6 Å². The average molecular weight is 365 g/mol. The Labute approximate surface area is 159 Å². The number of ether oxygens (including phenoxy) is 1. The number of terminal acetylenes is 1. The van der Waals surface area contributed by atoms with Crippen LogP contribution in [0.3, 0.4) is 0 Å². The smallest absolute Gasteiger partial charge is 0.134 e. The summed E-state index contributed by atoms with van der Waals surface area (Å²) in [5.41, 5.74) is 3.17. The predicted octanol–water partition coefficient (Wildman–Crippen LogP) is 4.49. The standard InChI is InChI=1S/C23H24FNO2/c1-2-3-13-26-14-12-25-17-19-4-8-20-16-22(27-23(20)15-19)11-7-18-5-9-21(24)10-6-18/h1,4-6,8-10,15-16,25H,3,7,11-14,17H2. The Bertz CT molecular complexity index is 893. The molecule has 4 heteroatoms. The van der Waals surface area contributed by atoms with Crippen molar-refractivity contribution in [2.75, 3.05) is 19.8 Å². The van der Waals surface area contributed by atoms with Gasteiger partial charge in [0.2, 0.25) is 0 Å². The van der Waals surface area contributed by atoms with Crippen LogP contribution in [-0.2, 0) is 24.1 Å². The number of nitrogens with one attached hydrogen (secondary N) is 1. The Morgan fingerprint density at radius 3 is 2.63 bits per heavy atom. The molecule has 0 aliphatic heterocycles. The van der Waals surface area contributed by atoms with Gasteiger partial charge in [-0.3, -0.25) is 0 Å². The zero-order valence-electron chi connectivity index (χ0n) is 15.3. The van der Waals surface area contributed by atoms with Crippen molar-refractivity contribution in [3.05, 3.63) is 71.2 Å². The van der Waals surface area contributed by atoms with Gasteiger partial charge in [-0.1, -0.05) is 24.3 Å². The van der Waals surface area contributed by atoms with Crippen LogP contribution in [0.25, 0.3) is 11.0 Å². The van der Waals surface area contributed by atoms with E-state index in [9.17, 15) is 4.39 Å². The lowest BCUT2D eigenvalue weighted by Gasteiger charge is -2.05. The molecule has 140 valence electrons. The normalized spacial score (nSPS) is 11.0. The van der Waals surface area contributed by atoms with E-state index in [0.717, 1.165) is 48.2 Å². The Morgan fingerprint density at radius 2 is 1.81 bits per heavy atom. The fourth-order valence-corrected chi connectivity index (χ4v) is 2.89. The van der Waals surface area contributed by atoms with E-state index < -0.39 is 0 Å². The van der Waals surface area contributed by atoms with Crippen LogP contribution in [0.1, 0.15) is 23.3 Å². The Hall–Kier alpha value is -2.61. The molecular formula is C23H24FNO2. The molecule has 1 aromatic heterocycles. The van der Waals surface area contributed by atoms with Crippen LogP contribution < -0.4 is 5.32 Å². The molecule has 3 nitrogen and oxygen atoms in total. The van der Waals surface area contributed by atoms with E-state index in [0.29, 0.717) is 19.6 Å². The lowest BCUT2D eigenvalue weighted by molar-refractivity contribution is 0.141. The van der Waals surface area contributed by atoms with E-state index in [1.807, 2.05) is 12.1 Å². The van der Waals surface area contributed by atoms with Crippen molar-refractivity contribution in [3.63, 3.8) is 0 Å². The fourth-order valence-electron chi connectivity index (χ4n) is 2.89. The number of hydrogen-bond acceptors (Lipinski definition) is 3. The third-order valence-corrected chi connectivity index (χ3v) is 4.35. The summed E-state index contributed by atoms with van der Waals surface area (Å²) in [5.74, 6) is 3.29. The molecule has 2 aromatic carbocycles. The molecule has 1 heterocycles. The minimum Gasteiger partial charge on any atom is -0.461 e. The minimum absolute atomic E-state index is 0.206. The van der Waals surface area contributed by atoms with Gasteiger partial charge in [0.25, 0.3) is 0 Å². The quantitative estimate of drug-likeness (QED) is 0.425. The van der Waals surface area contributed by atoms with Crippen LogP contribution >= 0.6 is 0 Å². The van der Waals surface area contributed by atoms with E-state index in [1.165, 1.54) is 17.7 Å². The molecule has 0 unspecified atom stereocenters. The molecule has 3 rings (SSSR count). The second kappa shape index (κ2) is 9.91. The van der Waals surface area contributed by atoms with Gasteiger partial charge in [0.1, 0.15) is 17.2 Å². The maximum absolute atomic E-state index is 13.0. The SMILES string of the molecule is C#CCCOCCNCc1ccc2cc(CCc3ccc(F)cc3)oc2c1. The highest BCUT2D eigenvalue weighted by Gasteiger charge is 2.06. The van der Waals surface area contributed by atoms with Crippen molar-refractivity contribution in [2.45, 2.75) is 25.8 Å². The van der Waals surface area contributed by atoms with Crippen LogP contribution in [0, 0.1) is 18.2 Å². The molecule has 27 heavy (non-hydrogen) atoms. The molecule has 0 spiro atoms. The third kappa shape index (κ3) is 5.96. The highest BCUT2D eigenvalue weighted by Crippen LogP contribution is 2.22. The maximum Gasteiger partial charge on any atom is 0.134 e. The molecule has 0 saturated carbocycles. The molecule has 0 fully saturated rings. The van der Waals surface area contributed by atoms with Crippen LogP contribution in [0.5, 0.6) is 0 Å². The summed E-state index contributed by atoms with van der Waals surface area (Å²) in [6, 6.07) is 15.0. The molecule has 0 bridgehead atoms. The van der Waals surface area contributed by atoms with E-state index in [1.54, 1.807) is 0 Å². The first kappa shape index (κ1) is 19.2. The van der Waals surface area contributed by atoms with Gasteiger partial charge in [0.15, 0.2) is 0 Å². The van der Waals surface area contributed by atoms with Crippen LogP contribution in [0.2, 0.25) is 0 Å².